The first-order valence-corrected chi connectivity index (χ1v) is 5.12. The van der Waals surface area contributed by atoms with Crippen molar-refractivity contribution >= 4 is 23.5 Å². The van der Waals surface area contributed by atoms with E-state index in [1.54, 1.807) is 0 Å². The van der Waals surface area contributed by atoms with Crippen LogP contribution in [0.1, 0.15) is 6.42 Å². The molecule has 1 unspecified atom stereocenters. The smallest absolute Gasteiger partial charge is 0.312 e. The Morgan fingerprint density at radius 3 is 2.56 bits per heavy atom. The van der Waals surface area contributed by atoms with Crippen LogP contribution in [-0.4, -0.2) is 58.9 Å². The van der Waals surface area contributed by atoms with Gasteiger partial charge in [-0.2, -0.15) is 0 Å². The molecule has 0 aromatic heterocycles. The van der Waals surface area contributed by atoms with Gasteiger partial charge in [0.25, 0.3) is 0 Å². The molecular formula is C8H15ClN3O4. The van der Waals surface area contributed by atoms with E-state index in [-0.39, 0.29) is 25.8 Å². The van der Waals surface area contributed by atoms with E-state index in [4.69, 9.17) is 22.4 Å². The van der Waals surface area contributed by atoms with Gasteiger partial charge in [-0.3, -0.25) is 14.5 Å². The van der Waals surface area contributed by atoms with Gasteiger partial charge in [0.15, 0.2) is 0 Å². The van der Waals surface area contributed by atoms with Crippen molar-refractivity contribution in [2.24, 2.45) is 0 Å². The minimum atomic E-state index is -1.21. The number of nitrogens with one attached hydrogen (secondary N) is 2. The second kappa shape index (κ2) is 8.28. The maximum absolute atomic E-state index is 11.0. The summed E-state index contributed by atoms with van der Waals surface area (Å²) in [5, 5.41) is 19.9. The summed E-state index contributed by atoms with van der Waals surface area (Å²) >= 11 is 5.38. The molecule has 7 nitrogen and oxygen atoms in total. The third kappa shape index (κ3) is 7.41. The molecule has 0 spiro atoms. The molecule has 1 radical (unpaired) electrons. The van der Waals surface area contributed by atoms with E-state index in [1.165, 1.54) is 4.90 Å². The Kier molecular flexibility index (Phi) is 7.82. The molecule has 0 heterocycles. The van der Waals surface area contributed by atoms with Gasteiger partial charge in [0.1, 0.15) is 6.42 Å². The van der Waals surface area contributed by atoms with Crippen LogP contribution in [0.25, 0.3) is 0 Å². The van der Waals surface area contributed by atoms with Gasteiger partial charge in [-0.05, 0) is 0 Å². The van der Waals surface area contributed by atoms with Crippen molar-refractivity contribution in [3.63, 3.8) is 0 Å². The van der Waals surface area contributed by atoms with Crippen molar-refractivity contribution in [2.45, 2.75) is 12.5 Å². The molecule has 1 amide bonds. The van der Waals surface area contributed by atoms with Gasteiger partial charge in [-0.1, -0.05) is 0 Å². The first-order chi connectivity index (χ1) is 7.49. The molecule has 0 aliphatic carbocycles. The van der Waals surface area contributed by atoms with Gasteiger partial charge in [0, 0.05) is 12.4 Å². The normalized spacial score (nSPS) is 12.5. The molecule has 0 saturated carbocycles. The topological polar surface area (TPSA) is 114 Å². The highest BCUT2D eigenvalue weighted by Crippen LogP contribution is 1.92. The van der Waals surface area contributed by atoms with Crippen LogP contribution in [-0.2, 0) is 9.59 Å². The number of nitrogens with zero attached hydrogens (tertiary/aromatic N) is 1. The highest BCUT2D eigenvalue weighted by molar-refractivity contribution is 6.18. The second-order valence-electron chi connectivity index (χ2n) is 3.15. The number of amides is 1. The quantitative estimate of drug-likeness (QED) is 0.282. The van der Waals surface area contributed by atoms with Crippen LogP contribution in [0.15, 0.2) is 0 Å². The Morgan fingerprint density at radius 2 is 2.12 bits per heavy atom. The van der Waals surface area contributed by atoms with Crippen molar-refractivity contribution < 1.29 is 19.8 Å². The third-order valence-electron chi connectivity index (χ3n) is 1.68. The summed E-state index contributed by atoms with van der Waals surface area (Å²) in [4.78, 5) is 22.6. The summed E-state index contributed by atoms with van der Waals surface area (Å²) in [6.07, 6.45) is -1.38. The van der Waals surface area contributed by atoms with Crippen molar-refractivity contribution in [1.29, 1.82) is 0 Å². The molecule has 0 fully saturated rings. The Hall–Kier alpha value is -0.890. The number of rotatable bonds is 8. The molecule has 16 heavy (non-hydrogen) atoms. The zero-order chi connectivity index (χ0) is 12.6. The minimum Gasteiger partial charge on any atom is -0.481 e. The lowest BCUT2D eigenvalue weighted by atomic mass is 10.4. The van der Waals surface area contributed by atoms with E-state index in [1.807, 2.05) is 0 Å². The van der Waals surface area contributed by atoms with Crippen molar-refractivity contribution in [3.05, 3.63) is 0 Å². The van der Waals surface area contributed by atoms with Gasteiger partial charge < -0.3 is 15.5 Å². The van der Waals surface area contributed by atoms with Gasteiger partial charge in [-0.25, -0.2) is 5.73 Å². The van der Waals surface area contributed by atoms with Crippen molar-refractivity contribution in [3.8, 4) is 0 Å². The number of carbonyl (C=O) groups excluding carboxylic acids is 1. The molecule has 1 atom stereocenters. The lowest BCUT2D eigenvalue weighted by molar-refractivity contribution is -0.140. The monoisotopic (exact) mass is 252 g/mol. The number of aliphatic hydroxyl groups is 1. The lowest BCUT2D eigenvalue weighted by Gasteiger charge is -2.22. The van der Waals surface area contributed by atoms with E-state index in [9.17, 15) is 14.7 Å². The molecule has 4 N–H and O–H groups in total. The maximum Gasteiger partial charge on any atom is 0.312 e. The Morgan fingerprint density at radius 1 is 1.50 bits per heavy atom. The van der Waals surface area contributed by atoms with E-state index in [0.717, 1.165) is 0 Å². The average molecular weight is 253 g/mol. The number of carboxylic acids is 1. The summed E-state index contributed by atoms with van der Waals surface area (Å²) in [5.74, 6) is -1.80. The molecule has 0 aromatic carbocycles. The van der Waals surface area contributed by atoms with Crippen LogP contribution in [0, 0.1) is 0 Å². The second-order valence-corrected chi connectivity index (χ2v) is 3.46. The summed E-state index contributed by atoms with van der Waals surface area (Å²) < 4.78 is 0. The summed E-state index contributed by atoms with van der Waals surface area (Å²) in [6, 6.07) is 0. The fourth-order valence-corrected chi connectivity index (χ4v) is 1.03. The van der Waals surface area contributed by atoms with Crippen LogP contribution >= 0.6 is 11.6 Å². The van der Waals surface area contributed by atoms with Crippen molar-refractivity contribution in [2.75, 3.05) is 25.8 Å². The number of halogens is 1. The van der Waals surface area contributed by atoms with Crippen LogP contribution in [0.5, 0.6) is 0 Å². The molecular weight excluding hydrogens is 238 g/mol. The van der Waals surface area contributed by atoms with Gasteiger partial charge >= 0.3 is 5.97 Å². The number of carbonyl (C=O) groups is 2. The molecule has 0 saturated heterocycles. The zero-order valence-electron chi connectivity index (χ0n) is 8.65. The van der Waals surface area contributed by atoms with E-state index < -0.39 is 24.4 Å². The van der Waals surface area contributed by atoms with Crippen LogP contribution in [0.3, 0.4) is 0 Å². The van der Waals surface area contributed by atoms with Crippen LogP contribution in [0.4, 0.5) is 0 Å². The molecule has 0 aliphatic heterocycles. The fraction of sp³-hybridized carbons (Fsp3) is 0.750. The van der Waals surface area contributed by atoms with E-state index >= 15 is 0 Å². The maximum atomic E-state index is 11.0. The number of aliphatic hydroxyl groups excluding tert-OH is 1. The number of carboxylic acid groups (broad SMARTS) is 1. The first-order valence-electron chi connectivity index (χ1n) is 4.59. The molecule has 93 valence electrons. The number of alkyl halides is 1. The van der Waals surface area contributed by atoms with Crippen LogP contribution < -0.4 is 11.1 Å². The number of aliphatic carboxylic acids is 1. The Labute approximate surface area is 98.2 Å². The average Bonchev–Trinajstić information content (AvgIpc) is 2.22. The minimum absolute atomic E-state index is 0.0174. The predicted molar refractivity (Wildman–Crippen MR) is 56.7 cm³/mol. The Balaban J connectivity index is 3.86. The highest BCUT2D eigenvalue weighted by Gasteiger charge is 2.12. The van der Waals surface area contributed by atoms with Gasteiger partial charge in [0.2, 0.25) is 5.91 Å². The summed E-state index contributed by atoms with van der Waals surface area (Å²) in [7, 11) is 0. The zero-order valence-corrected chi connectivity index (χ0v) is 9.40. The molecule has 0 aliphatic rings. The largest absolute Gasteiger partial charge is 0.481 e. The molecule has 0 aromatic rings. The molecule has 0 bridgehead atoms. The number of hydrogen-bond donors (Lipinski definition) is 3. The predicted octanol–water partition coefficient (Wildman–Crippen LogP) is -1.32. The summed E-state index contributed by atoms with van der Waals surface area (Å²) in [5.41, 5.74) is 7.12. The van der Waals surface area contributed by atoms with Gasteiger partial charge in [0.05, 0.1) is 19.4 Å². The van der Waals surface area contributed by atoms with Crippen molar-refractivity contribution in [1.82, 2.24) is 16.0 Å². The fourth-order valence-electron chi connectivity index (χ4n) is 0.932. The highest BCUT2D eigenvalue weighted by atomic mass is 35.5. The third-order valence-corrected chi connectivity index (χ3v) is 2.04. The SMILES string of the molecule is [NH]CN(CNC(=O)CC(=O)O)CC(O)CCl. The standard InChI is InChI=1S/C8H15ClN3O4/c9-2-6(13)3-12(4-10)5-11-7(14)1-8(15)16/h6,10,13H,1-5H2,(H,11,14)(H,15,16). The lowest BCUT2D eigenvalue weighted by Crippen LogP contribution is -2.43. The van der Waals surface area contributed by atoms with E-state index in [2.05, 4.69) is 5.32 Å². The number of hydrogen-bond acceptors (Lipinski definition) is 4. The molecule has 8 heteroatoms. The van der Waals surface area contributed by atoms with E-state index in [0.29, 0.717) is 0 Å². The van der Waals surface area contributed by atoms with Crippen LogP contribution in [0.2, 0.25) is 0 Å². The first kappa shape index (κ1) is 15.1. The Bertz CT molecular complexity index is 239. The molecule has 0 rings (SSSR count). The summed E-state index contributed by atoms with van der Waals surface area (Å²) in [6.45, 7) is 0.0468. The van der Waals surface area contributed by atoms with Gasteiger partial charge in [-0.15, -0.1) is 11.6 Å².